The molecule has 2 saturated heterocycles. The van der Waals surface area contributed by atoms with Gasteiger partial charge < -0.3 is 4.90 Å². The van der Waals surface area contributed by atoms with E-state index in [1.54, 1.807) is 0 Å². The van der Waals surface area contributed by atoms with Crippen LogP contribution >= 0.6 is 0 Å². The predicted molar refractivity (Wildman–Crippen MR) is 73.7 cm³/mol. The van der Waals surface area contributed by atoms with Crippen LogP contribution in [0.2, 0.25) is 0 Å². The quantitative estimate of drug-likeness (QED) is 0.677. The number of amides is 2. The average Bonchev–Trinajstić information content (AvgIpc) is 2.65. The van der Waals surface area contributed by atoms with Gasteiger partial charge in [-0.2, -0.15) is 0 Å². The number of nitrogens with zero attached hydrogens (tertiary/aromatic N) is 3. The molecule has 0 aromatic heterocycles. The molecule has 0 aromatic carbocycles. The van der Waals surface area contributed by atoms with Crippen LogP contribution in [0.15, 0.2) is 0 Å². The van der Waals surface area contributed by atoms with Gasteiger partial charge in [0.1, 0.15) is 0 Å². The van der Waals surface area contributed by atoms with Crippen molar-refractivity contribution in [1.29, 1.82) is 0 Å². The highest BCUT2D eigenvalue weighted by atomic mass is 16.2. The molecular weight excluding hydrogens is 242 g/mol. The van der Waals surface area contributed by atoms with Crippen molar-refractivity contribution in [2.45, 2.75) is 26.2 Å². The zero-order chi connectivity index (χ0) is 13.8. The molecule has 2 amide bonds. The summed E-state index contributed by atoms with van der Waals surface area (Å²) in [6, 6.07) is 0. The van der Waals surface area contributed by atoms with Crippen LogP contribution in [-0.4, -0.2) is 72.8 Å². The maximum atomic E-state index is 12.1. The third-order valence-electron chi connectivity index (χ3n) is 4.21. The Kier molecular flexibility index (Phi) is 4.93. The molecule has 2 fully saturated rings. The Morgan fingerprint density at radius 3 is 2.42 bits per heavy atom. The first-order valence-corrected chi connectivity index (χ1v) is 7.37. The molecule has 2 aliphatic rings. The third-order valence-corrected chi connectivity index (χ3v) is 4.21. The molecule has 108 valence electrons. The summed E-state index contributed by atoms with van der Waals surface area (Å²) in [5.41, 5.74) is 0. The monoisotopic (exact) mass is 267 g/mol. The summed E-state index contributed by atoms with van der Waals surface area (Å²) in [6.45, 7) is 7.66. The highest BCUT2D eigenvalue weighted by Crippen LogP contribution is 2.23. The van der Waals surface area contributed by atoms with Crippen LogP contribution in [0.3, 0.4) is 0 Å². The first-order valence-electron chi connectivity index (χ1n) is 7.37. The van der Waals surface area contributed by atoms with Crippen molar-refractivity contribution in [2.24, 2.45) is 5.92 Å². The summed E-state index contributed by atoms with van der Waals surface area (Å²) in [6.07, 6.45) is 2.24. The van der Waals surface area contributed by atoms with Gasteiger partial charge in [-0.05, 0) is 13.5 Å². The Labute approximate surface area is 115 Å². The standard InChI is InChI=1S/C14H25N3O2/c1-3-4-12-11-13(18)17(14(12)19)10-9-16-7-5-15(2)6-8-16/h12H,3-11H2,1-2H3. The Hall–Kier alpha value is -0.940. The summed E-state index contributed by atoms with van der Waals surface area (Å²) >= 11 is 0. The van der Waals surface area contributed by atoms with E-state index >= 15 is 0 Å². The number of carbonyl (C=O) groups is 2. The van der Waals surface area contributed by atoms with Crippen molar-refractivity contribution in [1.82, 2.24) is 14.7 Å². The number of hydrogen-bond donors (Lipinski definition) is 0. The van der Waals surface area contributed by atoms with Gasteiger partial charge in [-0.15, -0.1) is 0 Å². The molecule has 5 heteroatoms. The molecule has 19 heavy (non-hydrogen) atoms. The van der Waals surface area contributed by atoms with Crippen LogP contribution in [-0.2, 0) is 9.59 Å². The molecule has 0 saturated carbocycles. The maximum Gasteiger partial charge on any atom is 0.232 e. The van der Waals surface area contributed by atoms with Gasteiger partial charge in [-0.3, -0.25) is 19.4 Å². The van der Waals surface area contributed by atoms with Crippen LogP contribution in [0.4, 0.5) is 0 Å². The minimum atomic E-state index is -0.0509. The summed E-state index contributed by atoms with van der Waals surface area (Å²) in [4.78, 5) is 30.1. The Balaban J connectivity index is 1.79. The van der Waals surface area contributed by atoms with E-state index in [0.29, 0.717) is 13.0 Å². The van der Waals surface area contributed by atoms with Gasteiger partial charge >= 0.3 is 0 Å². The van der Waals surface area contributed by atoms with Crippen molar-refractivity contribution in [3.05, 3.63) is 0 Å². The zero-order valence-corrected chi connectivity index (χ0v) is 12.1. The number of imide groups is 1. The van der Waals surface area contributed by atoms with Gasteiger partial charge in [0.15, 0.2) is 0 Å². The molecule has 5 nitrogen and oxygen atoms in total. The summed E-state index contributed by atoms with van der Waals surface area (Å²) in [7, 11) is 2.13. The van der Waals surface area contributed by atoms with Crippen molar-refractivity contribution in [3.63, 3.8) is 0 Å². The molecule has 0 spiro atoms. The minimum Gasteiger partial charge on any atom is -0.304 e. The normalized spacial score (nSPS) is 26.4. The van der Waals surface area contributed by atoms with Gasteiger partial charge in [0.2, 0.25) is 11.8 Å². The van der Waals surface area contributed by atoms with E-state index < -0.39 is 0 Å². The molecule has 1 unspecified atom stereocenters. The highest BCUT2D eigenvalue weighted by molar-refractivity contribution is 6.03. The van der Waals surface area contributed by atoms with E-state index in [2.05, 4.69) is 23.8 Å². The van der Waals surface area contributed by atoms with Crippen LogP contribution in [0.1, 0.15) is 26.2 Å². The van der Waals surface area contributed by atoms with Crippen LogP contribution in [0.5, 0.6) is 0 Å². The van der Waals surface area contributed by atoms with E-state index in [-0.39, 0.29) is 17.7 Å². The second-order valence-corrected chi connectivity index (χ2v) is 5.72. The van der Waals surface area contributed by atoms with Crippen molar-refractivity contribution in [3.8, 4) is 0 Å². The molecule has 0 aromatic rings. The largest absolute Gasteiger partial charge is 0.304 e. The van der Waals surface area contributed by atoms with Gasteiger partial charge in [0.25, 0.3) is 0 Å². The van der Waals surface area contributed by atoms with Gasteiger partial charge in [0.05, 0.1) is 0 Å². The molecular formula is C14H25N3O2. The lowest BCUT2D eigenvalue weighted by Crippen LogP contribution is -2.47. The maximum absolute atomic E-state index is 12.1. The first kappa shape index (κ1) is 14.5. The highest BCUT2D eigenvalue weighted by Gasteiger charge is 2.37. The second kappa shape index (κ2) is 6.48. The van der Waals surface area contributed by atoms with E-state index in [1.165, 1.54) is 4.90 Å². The SMILES string of the molecule is CCCC1CC(=O)N(CCN2CCN(C)CC2)C1=O. The molecule has 1 atom stereocenters. The number of hydrogen-bond acceptors (Lipinski definition) is 4. The van der Waals surface area contributed by atoms with E-state index in [4.69, 9.17) is 0 Å². The number of likely N-dealkylation sites (tertiary alicyclic amines) is 1. The number of carbonyl (C=O) groups excluding carboxylic acids is 2. The van der Waals surface area contributed by atoms with Crippen molar-refractivity contribution < 1.29 is 9.59 Å². The Bertz CT molecular complexity index is 338. The molecule has 0 N–H and O–H groups in total. The van der Waals surface area contributed by atoms with Crippen LogP contribution in [0, 0.1) is 5.92 Å². The Morgan fingerprint density at radius 2 is 1.79 bits per heavy atom. The molecule has 2 heterocycles. The third kappa shape index (κ3) is 3.54. The van der Waals surface area contributed by atoms with Crippen molar-refractivity contribution in [2.75, 3.05) is 46.3 Å². The van der Waals surface area contributed by atoms with Gasteiger partial charge in [-0.1, -0.05) is 13.3 Å². The van der Waals surface area contributed by atoms with Crippen LogP contribution < -0.4 is 0 Å². The number of likely N-dealkylation sites (N-methyl/N-ethyl adjacent to an activating group) is 1. The van der Waals surface area contributed by atoms with E-state index in [0.717, 1.165) is 45.6 Å². The van der Waals surface area contributed by atoms with Crippen molar-refractivity contribution >= 4 is 11.8 Å². The smallest absolute Gasteiger partial charge is 0.232 e. The fourth-order valence-electron chi connectivity index (χ4n) is 2.87. The molecule has 0 radical (unpaired) electrons. The Morgan fingerprint density at radius 1 is 1.11 bits per heavy atom. The van der Waals surface area contributed by atoms with Gasteiger partial charge in [-0.25, -0.2) is 0 Å². The van der Waals surface area contributed by atoms with Gasteiger partial charge in [0, 0.05) is 51.6 Å². The van der Waals surface area contributed by atoms with E-state index in [1.807, 2.05) is 0 Å². The minimum absolute atomic E-state index is 0.0255. The second-order valence-electron chi connectivity index (χ2n) is 5.72. The molecule has 2 rings (SSSR count). The molecule has 2 aliphatic heterocycles. The molecule has 0 aliphatic carbocycles. The fraction of sp³-hybridized carbons (Fsp3) is 0.857. The summed E-state index contributed by atoms with van der Waals surface area (Å²) in [5.74, 6) is 0.0311. The number of rotatable bonds is 5. The van der Waals surface area contributed by atoms with Crippen LogP contribution in [0.25, 0.3) is 0 Å². The summed E-state index contributed by atoms with van der Waals surface area (Å²) in [5, 5.41) is 0. The molecule has 0 bridgehead atoms. The fourth-order valence-corrected chi connectivity index (χ4v) is 2.87. The topological polar surface area (TPSA) is 43.9 Å². The number of piperazine rings is 1. The lowest BCUT2D eigenvalue weighted by atomic mass is 10.0. The zero-order valence-electron chi connectivity index (χ0n) is 12.1. The predicted octanol–water partition coefficient (Wildman–Crippen LogP) is 0.409. The lowest BCUT2D eigenvalue weighted by molar-refractivity contribution is -0.139. The lowest BCUT2D eigenvalue weighted by Gasteiger charge is -2.33. The summed E-state index contributed by atoms with van der Waals surface area (Å²) < 4.78 is 0. The first-order chi connectivity index (χ1) is 9.11. The average molecular weight is 267 g/mol. The van der Waals surface area contributed by atoms with E-state index in [9.17, 15) is 9.59 Å².